The van der Waals surface area contributed by atoms with Crippen molar-refractivity contribution in [1.29, 1.82) is 0 Å². The molecule has 0 amide bonds. The second kappa shape index (κ2) is 5.30. The molecule has 11 heavy (non-hydrogen) atoms. The van der Waals surface area contributed by atoms with Gasteiger partial charge in [0.1, 0.15) is 6.29 Å². The van der Waals surface area contributed by atoms with Gasteiger partial charge in [-0.05, 0) is 11.8 Å². The molecule has 0 heterocycles. The van der Waals surface area contributed by atoms with Crippen LogP contribution in [0.4, 0.5) is 0 Å². The monoisotopic (exact) mass is 158 g/mol. The number of rotatable bonds is 5. The second-order valence-electron chi connectivity index (χ2n) is 3.88. The van der Waals surface area contributed by atoms with Crippen LogP contribution in [-0.2, 0) is 9.53 Å². The van der Waals surface area contributed by atoms with Gasteiger partial charge < -0.3 is 9.53 Å². The minimum Gasteiger partial charge on any atom is -0.381 e. The highest BCUT2D eigenvalue weighted by Gasteiger charge is 2.08. The minimum absolute atomic E-state index is 0.335. The van der Waals surface area contributed by atoms with Gasteiger partial charge in [0.15, 0.2) is 0 Å². The summed E-state index contributed by atoms with van der Waals surface area (Å²) >= 11 is 0. The molecule has 66 valence electrons. The van der Waals surface area contributed by atoms with E-state index in [-0.39, 0.29) is 0 Å². The van der Waals surface area contributed by atoms with Crippen LogP contribution < -0.4 is 0 Å². The molecule has 0 aliphatic rings. The summed E-state index contributed by atoms with van der Waals surface area (Å²) in [6, 6.07) is 0. The maximum absolute atomic E-state index is 9.88. The zero-order valence-electron chi connectivity index (χ0n) is 7.72. The van der Waals surface area contributed by atoms with Crippen LogP contribution in [0.1, 0.15) is 33.6 Å². The average molecular weight is 158 g/mol. The quantitative estimate of drug-likeness (QED) is 0.452. The molecule has 0 atom stereocenters. The van der Waals surface area contributed by atoms with Crippen molar-refractivity contribution in [2.45, 2.75) is 33.6 Å². The van der Waals surface area contributed by atoms with E-state index in [1.54, 1.807) is 0 Å². The fraction of sp³-hybridized carbons (Fsp3) is 0.889. The number of ether oxygens (including phenoxy) is 1. The Kier molecular flexibility index (Phi) is 5.12. The third-order valence-corrected chi connectivity index (χ3v) is 1.38. The van der Waals surface area contributed by atoms with E-state index >= 15 is 0 Å². The van der Waals surface area contributed by atoms with Gasteiger partial charge in [-0.2, -0.15) is 0 Å². The molecule has 0 unspecified atom stereocenters. The average Bonchev–Trinajstić information content (AvgIpc) is 1.85. The van der Waals surface area contributed by atoms with Gasteiger partial charge in [0.25, 0.3) is 0 Å². The molecule has 0 spiro atoms. The van der Waals surface area contributed by atoms with Crippen LogP contribution in [0.5, 0.6) is 0 Å². The van der Waals surface area contributed by atoms with Gasteiger partial charge in [0.05, 0.1) is 6.61 Å². The predicted octanol–water partition coefficient (Wildman–Crippen LogP) is 2.03. The van der Waals surface area contributed by atoms with Crippen molar-refractivity contribution in [2.24, 2.45) is 5.41 Å². The van der Waals surface area contributed by atoms with Gasteiger partial charge in [-0.1, -0.05) is 20.8 Å². The molecule has 0 aromatic carbocycles. The predicted molar refractivity (Wildman–Crippen MR) is 45.6 cm³/mol. The second-order valence-corrected chi connectivity index (χ2v) is 3.88. The molecule has 0 N–H and O–H groups in total. The molecule has 0 bridgehead atoms. The van der Waals surface area contributed by atoms with Crippen molar-refractivity contribution in [3.8, 4) is 0 Å². The highest BCUT2D eigenvalue weighted by molar-refractivity contribution is 5.49. The number of carbonyl (C=O) groups is 1. The van der Waals surface area contributed by atoms with Crippen LogP contribution in [0.3, 0.4) is 0 Å². The Bertz CT molecular complexity index is 103. The van der Waals surface area contributed by atoms with Gasteiger partial charge in [-0.3, -0.25) is 0 Å². The summed E-state index contributed by atoms with van der Waals surface area (Å²) in [5, 5.41) is 0. The number of hydrogen-bond donors (Lipinski definition) is 0. The van der Waals surface area contributed by atoms with E-state index in [9.17, 15) is 4.79 Å². The first-order valence-corrected chi connectivity index (χ1v) is 4.07. The Balaban J connectivity index is 3.08. The van der Waals surface area contributed by atoms with Crippen molar-refractivity contribution in [3.05, 3.63) is 0 Å². The lowest BCUT2D eigenvalue weighted by atomic mass is 9.93. The molecule has 0 aliphatic heterocycles. The fourth-order valence-electron chi connectivity index (χ4n) is 0.612. The first-order chi connectivity index (χ1) is 5.06. The van der Waals surface area contributed by atoms with E-state index in [1.165, 1.54) is 0 Å². The third kappa shape index (κ3) is 9.63. The molecule has 0 aliphatic carbocycles. The van der Waals surface area contributed by atoms with Crippen LogP contribution in [0.15, 0.2) is 0 Å². The first-order valence-electron chi connectivity index (χ1n) is 4.07. The molecule has 0 aromatic rings. The Labute approximate surface area is 68.9 Å². The Hall–Kier alpha value is -0.370. The standard InChI is InChI=1S/C9H18O2/c1-9(2,3)5-8-11-7-4-6-10/h6H,4-5,7-8H2,1-3H3. The van der Waals surface area contributed by atoms with Gasteiger partial charge in [-0.25, -0.2) is 0 Å². The van der Waals surface area contributed by atoms with E-state index in [4.69, 9.17) is 4.74 Å². The lowest BCUT2D eigenvalue weighted by molar-refractivity contribution is -0.108. The van der Waals surface area contributed by atoms with E-state index in [1.807, 2.05) is 0 Å². The van der Waals surface area contributed by atoms with Crippen molar-refractivity contribution in [3.63, 3.8) is 0 Å². The zero-order valence-corrected chi connectivity index (χ0v) is 7.72. The zero-order chi connectivity index (χ0) is 8.74. The van der Waals surface area contributed by atoms with Crippen molar-refractivity contribution in [1.82, 2.24) is 0 Å². The van der Waals surface area contributed by atoms with E-state index in [0.29, 0.717) is 18.4 Å². The molecule has 0 radical (unpaired) electrons. The SMILES string of the molecule is CC(C)(C)CCOCCC=O. The summed E-state index contributed by atoms with van der Waals surface area (Å²) < 4.78 is 5.22. The lowest BCUT2D eigenvalue weighted by Gasteiger charge is -2.17. The largest absolute Gasteiger partial charge is 0.381 e. The van der Waals surface area contributed by atoms with Crippen molar-refractivity contribution >= 4 is 6.29 Å². The van der Waals surface area contributed by atoms with E-state index in [0.717, 1.165) is 19.3 Å². The van der Waals surface area contributed by atoms with Gasteiger partial charge >= 0.3 is 0 Å². The molecule has 0 rings (SSSR count). The molecular weight excluding hydrogens is 140 g/mol. The molecule has 2 nitrogen and oxygen atoms in total. The number of carbonyl (C=O) groups excluding carboxylic acids is 1. The summed E-state index contributed by atoms with van der Waals surface area (Å²) in [6.07, 6.45) is 2.45. The highest BCUT2D eigenvalue weighted by atomic mass is 16.5. The normalized spacial score (nSPS) is 11.5. The third-order valence-electron chi connectivity index (χ3n) is 1.38. The maximum Gasteiger partial charge on any atom is 0.122 e. The van der Waals surface area contributed by atoms with Gasteiger partial charge in [-0.15, -0.1) is 0 Å². The van der Waals surface area contributed by atoms with Crippen molar-refractivity contribution in [2.75, 3.05) is 13.2 Å². The molecule has 0 saturated heterocycles. The summed E-state index contributed by atoms with van der Waals surface area (Å²) in [4.78, 5) is 9.88. The van der Waals surface area contributed by atoms with Crippen LogP contribution in [0.25, 0.3) is 0 Å². The lowest BCUT2D eigenvalue weighted by Crippen LogP contribution is -2.10. The van der Waals surface area contributed by atoms with E-state index in [2.05, 4.69) is 20.8 Å². The molecular formula is C9H18O2. The van der Waals surface area contributed by atoms with Crippen molar-refractivity contribution < 1.29 is 9.53 Å². The Morgan fingerprint density at radius 2 is 1.91 bits per heavy atom. The maximum atomic E-state index is 9.88. The molecule has 2 heteroatoms. The van der Waals surface area contributed by atoms with Crippen LogP contribution in [0, 0.1) is 5.41 Å². The van der Waals surface area contributed by atoms with Crippen LogP contribution in [-0.4, -0.2) is 19.5 Å². The highest BCUT2D eigenvalue weighted by Crippen LogP contribution is 2.17. The van der Waals surface area contributed by atoms with Crippen LogP contribution >= 0.6 is 0 Å². The fourth-order valence-corrected chi connectivity index (χ4v) is 0.612. The van der Waals surface area contributed by atoms with E-state index < -0.39 is 0 Å². The number of hydrogen-bond acceptors (Lipinski definition) is 2. The Morgan fingerprint density at radius 1 is 1.27 bits per heavy atom. The molecule has 0 saturated carbocycles. The summed E-state index contributed by atoms with van der Waals surface area (Å²) in [5.41, 5.74) is 0.335. The summed E-state index contributed by atoms with van der Waals surface area (Å²) in [5.74, 6) is 0. The molecule has 0 fully saturated rings. The minimum atomic E-state index is 0.335. The molecule has 0 aromatic heterocycles. The summed E-state index contributed by atoms with van der Waals surface area (Å²) in [6.45, 7) is 7.86. The van der Waals surface area contributed by atoms with Gasteiger partial charge in [0, 0.05) is 13.0 Å². The smallest absolute Gasteiger partial charge is 0.122 e. The Morgan fingerprint density at radius 3 is 2.36 bits per heavy atom. The topological polar surface area (TPSA) is 26.3 Å². The number of aldehydes is 1. The van der Waals surface area contributed by atoms with Gasteiger partial charge in [0.2, 0.25) is 0 Å². The summed E-state index contributed by atoms with van der Waals surface area (Å²) in [7, 11) is 0. The first kappa shape index (κ1) is 10.6. The van der Waals surface area contributed by atoms with Crippen LogP contribution in [0.2, 0.25) is 0 Å².